The number of H-pyrrole nitrogens is 2. The van der Waals surface area contributed by atoms with Crippen molar-refractivity contribution in [3.05, 3.63) is 38.9 Å². The predicted molar refractivity (Wildman–Crippen MR) is 56.1 cm³/mol. The summed E-state index contributed by atoms with van der Waals surface area (Å²) < 4.78 is 30.4. The third kappa shape index (κ3) is 2.85. The average Bonchev–Trinajstić information content (AvgIpc) is 2.17. The monoisotopic (exact) mass is 266 g/mol. The molecule has 3 N–H and O–H groups in total. The zero-order valence-corrected chi connectivity index (χ0v) is 11.5. The van der Waals surface area contributed by atoms with Crippen molar-refractivity contribution in [2.24, 2.45) is 0 Å². The Balaban J connectivity index is 0.00000144. The molecule has 0 saturated carbocycles. The number of aromatic amines is 2. The van der Waals surface area contributed by atoms with Crippen LogP contribution < -0.4 is 40.7 Å². The number of hydrogen-bond acceptors (Lipinski definition) is 4. The second kappa shape index (κ2) is 4.75. The van der Waals surface area contributed by atoms with Crippen LogP contribution in [-0.2, 0) is 10.1 Å². The smallest absolute Gasteiger partial charge is 1.00 e. The van der Waals surface area contributed by atoms with Crippen LogP contribution in [0.4, 0.5) is 0 Å². The fourth-order valence-corrected chi connectivity index (χ4v) is 1.76. The molecule has 1 aromatic heterocycles. The summed E-state index contributed by atoms with van der Waals surface area (Å²) in [4.78, 5) is 26.0. The second-order valence-electron chi connectivity index (χ2n) is 3.09. The molecule has 0 saturated heterocycles. The van der Waals surface area contributed by atoms with Crippen molar-refractivity contribution in [3.63, 3.8) is 0 Å². The first-order valence-corrected chi connectivity index (χ1v) is 5.56. The van der Waals surface area contributed by atoms with Crippen LogP contribution in [0.1, 0.15) is 1.43 Å². The number of hydrogen-bond donors (Lipinski definition) is 3. The average molecular weight is 266 g/mol. The normalized spacial score (nSPS) is 11.1. The Morgan fingerprint density at radius 2 is 1.59 bits per heavy atom. The van der Waals surface area contributed by atoms with E-state index in [9.17, 15) is 18.0 Å². The summed E-state index contributed by atoms with van der Waals surface area (Å²) >= 11 is 0. The molecule has 9 heteroatoms. The molecule has 0 fully saturated rings. The van der Waals surface area contributed by atoms with Gasteiger partial charge in [0.1, 0.15) is 0 Å². The third-order valence-corrected chi connectivity index (χ3v) is 2.84. The largest absolute Gasteiger partial charge is 1.00 e. The maximum Gasteiger partial charge on any atom is 1.00 e. The molecule has 17 heavy (non-hydrogen) atoms. The minimum absolute atomic E-state index is 0. The van der Waals surface area contributed by atoms with Gasteiger partial charge in [0.15, 0.2) is 0 Å². The summed E-state index contributed by atoms with van der Waals surface area (Å²) in [6, 6.07) is 3.45. The maximum absolute atomic E-state index is 11.0. The van der Waals surface area contributed by atoms with Crippen molar-refractivity contribution in [2.75, 3.05) is 0 Å². The number of fused-ring (bicyclic) bond motifs is 1. The van der Waals surface area contributed by atoms with E-state index in [4.69, 9.17) is 4.55 Å². The zero-order chi connectivity index (χ0) is 11.9. The molecule has 0 radical (unpaired) electrons. The van der Waals surface area contributed by atoms with E-state index in [0.29, 0.717) is 0 Å². The van der Waals surface area contributed by atoms with Crippen LogP contribution in [0, 0.1) is 0 Å². The molecule has 0 aliphatic rings. The number of rotatable bonds is 1. The van der Waals surface area contributed by atoms with Crippen molar-refractivity contribution in [1.82, 2.24) is 9.97 Å². The summed E-state index contributed by atoms with van der Waals surface area (Å²) in [6.07, 6.45) is 0. The first-order valence-electron chi connectivity index (χ1n) is 4.12. The first kappa shape index (κ1) is 14.1. The van der Waals surface area contributed by atoms with E-state index in [2.05, 4.69) is 9.97 Å². The fraction of sp³-hybridized carbons (Fsp3) is 0. The van der Waals surface area contributed by atoms with Gasteiger partial charge in [-0.25, -0.2) is 0 Å². The molecule has 0 spiro atoms. The summed E-state index contributed by atoms with van der Waals surface area (Å²) in [7, 11) is -4.33. The molecule has 1 heterocycles. The van der Waals surface area contributed by atoms with Crippen LogP contribution >= 0.6 is 0 Å². The minimum Gasteiger partial charge on any atom is -1.00 e. The Bertz CT molecular complexity index is 782. The van der Waals surface area contributed by atoms with Gasteiger partial charge in [-0.3, -0.25) is 14.1 Å². The summed E-state index contributed by atoms with van der Waals surface area (Å²) in [6.45, 7) is 0. The fourth-order valence-electron chi connectivity index (χ4n) is 1.25. The van der Waals surface area contributed by atoms with Gasteiger partial charge in [-0.1, -0.05) is 0 Å². The summed E-state index contributed by atoms with van der Waals surface area (Å²) in [5.74, 6) is 0. The van der Waals surface area contributed by atoms with Gasteiger partial charge in [0.05, 0.1) is 15.9 Å². The molecule has 0 amide bonds. The Hall–Kier alpha value is -0.930. The molecule has 0 atom stereocenters. The summed E-state index contributed by atoms with van der Waals surface area (Å²) in [5, 5.41) is 0. The van der Waals surface area contributed by atoms with E-state index in [0.717, 1.165) is 12.1 Å². The molecule has 1 aromatic carbocycles. The molecule has 0 aliphatic heterocycles. The van der Waals surface area contributed by atoms with Crippen LogP contribution in [-0.4, -0.2) is 22.9 Å². The van der Waals surface area contributed by atoms with Crippen LogP contribution in [0.3, 0.4) is 0 Å². The molecule has 2 aromatic rings. The van der Waals surface area contributed by atoms with Crippen LogP contribution in [0.15, 0.2) is 32.7 Å². The quantitative estimate of drug-likeness (QED) is 0.282. The van der Waals surface area contributed by atoms with E-state index >= 15 is 0 Å². The van der Waals surface area contributed by atoms with Gasteiger partial charge >= 0.3 is 40.7 Å². The zero-order valence-electron chi connectivity index (χ0n) is 9.72. The van der Waals surface area contributed by atoms with Gasteiger partial charge in [-0.05, 0) is 18.2 Å². The molecule has 0 aliphatic carbocycles. The second-order valence-corrected chi connectivity index (χ2v) is 4.51. The van der Waals surface area contributed by atoms with Gasteiger partial charge in [-0.15, -0.1) is 0 Å². The Morgan fingerprint density at radius 3 is 2.12 bits per heavy atom. The Labute approximate surface area is 118 Å². The summed E-state index contributed by atoms with van der Waals surface area (Å²) in [5.41, 5.74) is -1.32. The van der Waals surface area contributed by atoms with Gasteiger partial charge in [-0.2, -0.15) is 8.42 Å². The molecule has 0 unspecified atom stereocenters. The van der Waals surface area contributed by atoms with Gasteiger partial charge in [0, 0.05) is 0 Å². The van der Waals surface area contributed by atoms with Crippen LogP contribution in [0.2, 0.25) is 0 Å². The number of aromatic nitrogens is 2. The molecule has 86 valence electrons. The van der Waals surface area contributed by atoms with Crippen molar-refractivity contribution in [1.29, 1.82) is 0 Å². The Kier molecular flexibility index (Phi) is 3.95. The Morgan fingerprint density at radius 1 is 1.06 bits per heavy atom. The van der Waals surface area contributed by atoms with Crippen molar-refractivity contribution < 1.29 is 44.0 Å². The van der Waals surface area contributed by atoms with Crippen LogP contribution in [0.5, 0.6) is 0 Å². The molecule has 0 bridgehead atoms. The van der Waals surface area contributed by atoms with Gasteiger partial charge < -0.3 is 11.4 Å². The number of nitrogens with one attached hydrogen (secondary N) is 2. The van der Waals surface area contributed by atoms with E-state index in [-0.39, 0.29) is 46.9 Å². The van der Waals surface area contributed by atoms with Gasteiger partial charge in [0.2, 0.25) is 0 Å². The maximum atomic E-state index is 11.0. The molecule has 2 rings (SSSR count). The molecular formula is C8H7N2NaO5S. The SMILES string of the molecule is O=c1[nH]c2ccc(S(=O)(=O)O)cc2[nH]c1=O.[H-].[Na+]. The van der Waals surface area contributed by atoms with E-state index in [1.54, 1.807) is 0 Å². The van der Waals surface area contributed by atoms with Gasteiger partial charge in [0.25, 0.3) is 10.1 Å². The van der Waals surface area contributed by atoms with E-state index in [1.807, 2.05) is 0 Å². The first-order chi connectivity index (χ1) is 7.38. The van der Waals surface area contributed by atoms with Crippen molar-refractivity contribution in [2.45, 2.75) is 4.90 Å². The predicted octanol–water partition coefficient (Wildman–Crippen LogP) is -3.42. The third-order valence-electron chi connectivity index (χ3n) is 1.99. The molecular weight excluding hydrogens is 259 g/mol. The topological polar surface area (TPSA) is 120 Å². The number of benzene rings is 1. The van der Waals surface area contributed by atoms with Crippen LogP contribution in [0.25, 0.3) is 11.0 Å². The minimum atomic E-state index is -4.33. The van der Waals surface area contributed by atoms with Crippen molar-refractivity contribution >= 4 is 21.2 Å². The van der Waals surface area contributed by atoms with E-state index in [1.165, 1.54) is 6.07 Å². The van der Waals surface area contributed by atoms with E-state index < -0.39 is 21.2 Å². The molecule has 7 nitrogen and oxygen atoms in total. The van der Waals surface area contributed by atoms with Crippen molar-refractivity contribution in [3.8, 4) is 0 Å². The standard InChI is InChI=1S/C8H6N2O5S.Na.H/c11-7-8(12)10-6-3-4(16(13,14)15)1-2-5(6)9-7;;/h1-3H,(H,9,11)(H,10,12)(H,13,14,15);;/q;+1;-1.